The molecule has 0 amide bonds. The van der Waals surface area contributed by atoms with Gasteiger partial charge in [0, 0.05) is 61.8 Å². The van der Waals surface area contributed by atoms with Crippen molar-refractivity contribution >= 4 is 80.8 Å². The summed E-state index contributed by atoms with van der Waals surface area (Å²) in [4.78, 5) is 34.1. The quantitative estimate of drug-likeness (QED) is 0.0132. The number of anilines is 1. The van der Waals surface area contributed by atoms with Crippen LogP contribution in [-0.2, 0) is 57.0 Å². The lowest BCUT2D eigenvalue weighted by Crippen LogP contribution is -2.23. The highest BCUT2D eigenvalue weighted by Crippen LogP contribution is 2.56. The average molecular weight is 1050 g/mol. The topological polar surface area (TPSA) is 309 Å². The van der Waals surface area contributed by atoms with Gasteiger partial charge in [0.15, 0.2) is 11.6 Å². The van der Waals surface area contributed by atoms with Crippen molar-refractivity contribution in [2.75, 3.05) is 144 Å². The van der Waals surface area contributed by atoms with Crippen molar-refractivity contribution < 1.29 is 88.3 Å². The van der Waals surface area contributed by atoms with Gasteiger partial charge in [-0.3, -0.25) is 22.9 Å². The van der Waals surface area contributed by atoms with Crippen molar-refractivity contribution in [1.82, 2.24) is 0 Å². The molecule has 5 aromatic rings. The number of nitrogens with zero attached hydrogens (tertiary/aromatic N) is 1. The number of aromatic hydroxyl groups is 2. The molecule has 72 heavy (non-hydrogen) atoms. The van der Waals surface area contributed by atoms with E-state index >= 15 is 0 Å². The Balaban J connectivity index is 1.41. The molecule has 5 N–H and O–H groups in total. The second kappa shape index (κ2) is 25.6. The highest BCUT2D eigenvalue weighted by atomic mass is 32.2. The number of ether oxygens (including phenoxy) is 9. The number of allylic oxidation sites excluding steroid dienone is 1. The highest BCUT2D eigenvalue weighted by Gasteiger charge is 2.37. The fourth-order valence-corrected chi connectivity index (χ4v) is 10.1. The molecule has 0 fully saturated rings. The Morgan fingerprint density at radius 3 is 1.50 bits per heavy atom. The minimum absolute atomic E-state index is 0.0574. The second-order valence-electron chi connectivity index (χ2n) is 16.0. The van der Waals surface area contributed by atoms with Gasteiger partial charge in [-0.25, -0.2) is 0 Å². The average Bonchev–Trinajstić information content (AvgIpc) is 3.47. The molecule has 5 aromatic carbocycles. The van der Waals surface area contributed by atoms with E-state index in [4.69, 9.17) is 61.2 Å². The summed E-state index contributed by atoms with van der Waals surface area (Å²) in [7, 11) is -4.83. The van der Waals surface area contributed by atoms with E-state index in [2.05, 4.69) is 10.3 Å². The summed E-state index contributed by atoms with van der Waals surface area (Å²) < 4.78 is 113. The lowest BCUT2D eigenvalue weighted by atomic mass is 9.80. The van der Waals surface area contributed by atoms with Gasteiger partial charge in [-0.1, -0.05) is 11.6 Å². The summed E-state index contributed by atoms with van der Waals surface area (Å²) in [6.45, 7) is 4.21. The zero-order valence-electron chi connectivity index (χ0n) is 40.5. The van der Waals surface area contributed by atoms with Crippen LogP contribution in [0.5, 0.6) is 28.7 Å². The number of phenols is 2. The number of hydrogen-bond donors (Lipinski definition) is 5. The fourth-order valence-electron chi connectivity index (χ4n) is 8.62. The van der Waals surface area contributed by atoms with Crippen LogP contribution < -0.4 is 30.4 Å². The summed E-state index contributed by atoms with van der Waals surface area (Å²) in [6.07, 6.45) is 1.57. The molecule has 1 aliphatic rings. The summed E-state index contributed by atoms with van der Waals surface area (Å²) >= 11 is 0. The minimum atomic E-state index is -4.43. The Morgan fingerprint density at radius 2 is 1.03 bits per heavy atom. The van der Waals surface area contributed by atoms with Gasteiger partial charge in [0.05, 0.1) is 143 Å². The number of nitrogens with one attached hydrogen (secondary N) is 1. The molecule has 1 unspecified atom stereocenters. The summed E-state index contributed by atoms with van der Waals surface area (Å²) in [5.41, 5.74) is -1.09. The summed E-state index contributed by atoms with van der Waals surface area (Å²) in [5, 5.41) is 44.2. The van der Waals surface area contributed by atoms with E-state index in [0.29, 0.717) is 12.2 Å². The van der Waals surface area contributed by atoms with Gasteiger partial charge in [0.1, 0.15) is 28.9 Å². The first kappa shape index (κ1) is 56.0. The number of phenolic OH excluding ortho intramolecular Hbond substituents is 2. The molecule has 1 aliphatic carbocycles. The van der Waals surface area contributed by atoms with Crippen LogP contribution >= 0.6 is 0 Å². The molecule has 1 atom stereocenters. The van der Waals surface area contributed by atoms with Gasteiger partial charge in [-0.2, -0.15) is 16.8 Å². The van der Waals surface area contributed by atoms with Crippen LogP contribution in [0.3, 0.4) is 0 Å². The normalized spacial score (nSPS) is 14.3. The van der Waals surface area contributed by atoms with Gasteiger partial charge in [0.2, 0.25) is 10.9 Å². The Morgan fingerprint density at radius 1 is 0.583 bits per heavy atom. The molecule has 396 valence electrons. The Kier molecular flexibility index (Phi) is 19.9. The van der Waals surface area contributed by atoms with Crippen LogP contribution in [0.25, 0.3) is 49.2 Å². The molecular formula is C47H60N2O21S2. The summed E-state index contributed by atoms with van der Waals surface area (Å²) in [6, 6.07) is 2.44. The second-order valence-corrected chi connectivity index (χ2v) is 19.3. The molecule has 0 saturated carbocycles. The number of fused-ring (bicyclic) bond motifs is 1. The first-order chi connectivity index (χ1) is 34.6. The van der Waals surface area contributed by atoms with E-state index in [1.165, 1.54) is 40.4 Å². The molecule has 0 aliphatic heterocycles. The predicted octanol–water partition coefficient (Wildman–Crippen LogP) is 2.40. The third kappa shape index (κ3) is 12.5. The number of methoxy groups -OCH3 is 3. The van der Waals surface area contributed by atoms with Crippen LogP contribution in [0.15, 0.2) is 32.3 Å². The third-order valence-corrected chi connectivity index (χ3v) is 13.5. The molecule has 23 nitrogen and oxygen atoms in total. The van der Waals surface area contributed by atoms with E-state index in [1.807, 2.05) is 0 Å². The predicted molar refractivity (Wildman–Crippen MR) is 266 cm³/mol. The van der Waals surface area contributed by atoms with E-state index in [1.54, 1.807) is 13.0 Å². The summed E-state index contributed by atoms with van der Waals surface area (Å²) in [5.74, 6) is -4.05. The highest BCUT2D eigenvalue weighted by molar-refractivity contribution is 7.87. The van der Waals surface area contributed by atoms with Gasteiger partial charge < -0.3 is 68.4 Å². The zero-order valence-corrected chi connectivity index (χ0v) is 42.2. The number of rotatable bonds is 33. The van der Waals surface area contributed by atoms with Crippen molar-refractivity contribution in [1.29, 1.82) is 0 Å². The molecule has 0 heterocycles. The van der Waals surface area contributed by atoms with Gasteiger partial charge in [-0.15, -0.1) is 0 Å². The van der Waals surface area contributed by atoms with Crippen LogP contribution in [0, 0.1) is 0 Å². The van der Waals surface area contributed by atoms with Crippen LogP contribution in [-0.4, -0.2) is 182 Å². The molecule has 0 bridgehead atoms. The van der Waals surface area contributed by atoms with Crippen LogP contribution in [0.2, 0.25) is 0 Å². The maximum absolute atomic E-state index is 14.9. The lowest BCUT2D eigenvalue weighted by molar-refractivity contribution is 0.00389. The Labute approximate surface area is 414 Å². The zero-order chi connectivity index (χ0) is 52.2. The maximum atomic E-state index is 14.9. The number of benzene rings is 5. The van der Waals surface area contributed by atoms with Crippen molar-refractivity contribution in [3.05, 3.63) is 49.3 Å². The molecule has 0 saturated heterocycles. The molecule has 0 spiro atoms. The van der Waals surface area contributed by atoms with Crippen molar-refractivity contribution in [3.63, 3.8) is 0 Å². The number of aliphatic hydroxyl groups excluding tert-OH is 2. The molecule has 0 aromatic heterocycles. The number of aliphatic imine (C=N–C) groups is 1. The SMILES string of the molecule is COc1c2c3c4c(c(NCS(=O)(=O)OCCOCCOCCOCCO)c(=O)c5c(O)cc(OC)c(c6c(OC)cc(O)c(c1=O)c63)c54)C=C(C)C2/C(C)=N/CS(=O)(=O)OCCOCCOCCOCCO. The molecule has 0 radical (unpaired) electrons. The van der Waals surface area contributed by atoms with E-state index in [-0.39, 0.29) is 182 Å². The standard InChI is InChI=1S/C47H60N2O21S2/c1-27-22-29-35-40-36(45(54)44(29)49-26-72(58,59)70-21-19-68-17-15-66-13-11-64-9-7-51)30(52)23-32(60-3)38(40)39-33(61-4)24-31(53)37-42(39)41(35)43(47(62-5)46(37)55)34(27)28(2)48-25-71(56,57)69-20-18-67-16-14-65-12-10-63-8-6-50/h22-24,34,49-53H,6-21,25-26H2,1-5H3/b48-28+. The minimum Gasteiger partial charge on any atom is -0.507 e. The van der Waals surface area contributed by atoms with E-state index in [0.717, 1.165) is 0 Å². The van der Waals surface area contributed by atoms with Crippen molar-refractivity contribution in [2.45, 2.75) is 19.8 Å². The Bertz CT molecular complexity index is 3090. The lowest BCUT2D eigenvalue weighted by Gasteiger charge is -2.25. The largest absolute Gasteiger partial charge is 0.507 e. The monoisotopic (exact) mass is 1050 g/mol. The van der Waals surface area contributed by atoms with Crippen molar-refractivity contribution in [2.24, 2.45) is 4.99 Å². The third-order valence-electron chi connectivity index (χ3n) is 11.5. The molecule has 6 rings (SSSR count). The van der Waals surface area contributed by atoms with Gasteiger partial charge in [-0.05, 0) is 19.2 Å². The van der Waals surface area contributed by atoms with Gasteiger partial charge >= 0.3 is 0 Å². The maximum Gasteiger partial charge on any atom is 0.287 e. The molecular weight excluding hydrogens is 993 g/mol. The first-order valence-electron chi connectivity index (χ1n) is 22.7. The van der Waals surface area contributed by atoms with Crippen molar-refractivity contribution in [3.8, 4) is 28.7 Å². The first-order valence-corrected chi connectivity index (χ1v) is 25.8. The fraction of sp³-hybridized carbons (Fsp3) is 0.511. The van der Waals surface area contributed by atoms with Crippen LogP contribution in [0.4, 0.5) is 5.69 Å². The number of hydrogen-bond acceptors (Lipinski definition) is 23. The smallest absolute Gasteiger partial charge is 0.287 e. The molecule has 25 heteroatoms. The Hall–Kier alpha value is -5.29. The van der Waals surface area contributed by atoms with E-state index in [9.17, 15) is 36.6 Å². The van der Waals surface area contributed by atoms with Crippen LogP contribution in [0.1, 0.15) is 30.9 Å². The van der Waals surface area contributed by atoms with Gasteiger partial charge in [0.25, 0.3) is 20.2 Å². The number of aliphatic hydroxyl groups is 2. The van der Waals surface area contributed by atoms with E-state index < -0.39 is 60.3 Å².